The van der Waals surface area contributed by atoms with Crippen LogP contribution in [0.4, 0.5) is 0 Å². The van der Waals surface area contributed by atoms with Crippen molar-refractivity contribution in [2.45, 2.75) is 19.3 Å². The van der Waals surface area contributed by atoms with E-state index in [1.54, 1.807) is 0 Å². The summed E-state index contributed by atoms with van der Waals surface area (Å²) in [6.07, 6.45) is 0. The first kappa shape index (κ1) is 12.9. The van der Waals surface area contributed by atoms with Crippen molar-refractivity contribution >= 4 is 5.97 Å². The Morgan fingerprint density at radius 3 is 2.61 bits per heavy atom. The Kier molecular flexibility index (Phi) is 3.57. The summed E-state index contributed by atoms with van der Waals surface area (Å²) < 4.78 is 15.6. The maximum absolute atomic E-state index is 11.9. The summed E-state index contributed by atoms with van der Waals surface area (Å²) in [5.41, 5.74) is 1.32. The topological polar surface area (TPSA) is 44.8 Å². The molecule has 0 aliphatic carbocycles. The molecule has 2 rings (SSSR count). The number of benzene rings is 1. The lowest BCUT2D eigenvalue weighted by atomic mass is 9.78. The van der Waals surface area contributed by atoms with E-state index in [2.05, 4.69) is 0 Å². The van der Waals surface area contributed by atoms with E-state index in [-0.39, 0.29) is 5.97 Å². The molecular formula is C14H18O4. The minimum atomic E-state index is -0.635. The Morgan fingerprint density at radius 1 is 1.44 bits per heavy atom. The van der Waals surface area contributed by atoms with Gasteiger partial charge in [-0.2, -0.15) is 0 Å². The van der Waals surface area contributed by atoms with Gasteiger partial charge < -0.3 is 14.2 Å². The van der Waals surface area contributed by atoms with Crippen molar-refractivity contribution in [1.29, 1.82) is 0 Å². The number of hydrogen-bond acceptors (Lipinski definition) is 4. The summed E-state index contributed by atoms with van der Waals surface area (Å²) in [6, 6.07) is 5.79. The highest BCUT2D eigenvalue weighted by molar-refractivity contribution is 5.84. The van der Waals surface area contributed by atoms with E-state index in [4.69, 9.17) is 14.2 Å². The molecule has 1 saturated heterocycles. The predicted molar refractivity (Wildman–Crippen MR) is 66.9 cm³/mol. The lowest BCUT2D eigenvalue weighted by molar-refractivity contribution is -0.166. The average molecular weight is 250 g/mol. The summed E-state index contributed by atoms with van der Waals surface area (Å²) in [7, 11) is 1.41. The molecule has 0 atom stereocenters. The molecule has 4 heteroatoms. The molecule has 0 spiro atoms. The molecule has 0 N–H and O–H groups in total. The summed E-state index contributed by atoms with van der Waals surface area (Å²) in [4.78, 5) is 11.9. The first-order chi connectivity index (χ1) is 8.64. The largest absolute Gasteiger partial charge is 0.494 e. The van der Waals surface area contributed by atoms with Gasteiger partial charge in [-0.15, -0.1) is 0 Å². The number of esters is 1. The number of ether oxygens (including phenoxy) is 3. The molecule has 1 aliphatic rings. The summed E-state index contributed by atoms with van der Waals surface area (Å²) >= 11 is 0. The summed E-state index contributed by atoms with van der Waals surface area (Å²) in [6.45, 7) is 5.31. The number of methoxy groups -OCH3 is 1. The normalized spacial score (nSPS) is 16.8. The van der Waals surface area contributed by atoms with Crippen LogP contribution in [0.15, 0.2) is 18.2 Å². The number of hydrogen-bond donors (Lipinski definition) is 0. The van der Waals surface area contributed by atoms with Crippen molar-refractivity contribution in [3.05, 3.63) is 29.3 Å². The Bertz CT molecular complexity index is 449. The quantitative estimate of drug-likeness (QED) is 0.765. The van der Waals surface area contributed by atoms with Gasteiger partial charge in [0.1, 0.15) is 11.2 Å². The highest BCUT2D eigenvalue weighted by atomic mass is 16.5. The number of carbonyl (C=O) groups is 1. The Labute approximate surface area is 107 Å². The van der Waals surface area contributed by atoms with Gasteiger partial charge in [-0.1, -0.05) is 12.1 Å². The fraction of sp³-hybridized carbons (Fsp3) is 0.500. The van der Waals surface area contributed by atoms with Crippen LogP contribution < -0.4 is 4.74 Å². The first-order valence-electron chi connectivity index (χ1n) is 6.04. The van der Waals surface area contributed by atoms with Gasteiger partial charge in [-0.3, -0.25) is 4.79 Å². The fourth-order valence-corrected chi connectivity index (χ4v) is 2.17. The maximum atomic E-state index is 11.9. The monoisotopic (exact) mass is 250 g/mol. The minimum Gasteiger partial charge on any atom is -0.494 e. The smallest absolute Gasteiger partial charge is 0.321 e. The molecule has 1 fully saturated rings. The predicted octanol–water partition coefficient (Wildman–Crippen LogP) is 1.83. The minimum absolute atomic E-state index is 0.239. The second-order valence-corrected chi connectivity index (χ2v) is 4.48. The lowest BCUT2D eigenvalue weighted by Crippen LogP contribution is -2.53. The molecule has 0 amide bonds. The highest BCUT2D eigenvalue weighted by Crippen LogP contribution is 2.35. The van der Waals surface area contributed by atoms with Gasteiger partial charge in [0, 0.05) is 0 Å². The molecule has 1 heterocycles. The van der Waals surface area contributed by atoms with E-state index in [0.717, 1.165) is 16.9 Å². The van der Waals surface area contributed by atoms with Crippen LogP contribution in [-0.4, -0.2) is 32.9 Å². The number of carbonyl (C=O) groups excluding carboxylic acids is 1. The molecule has 18 heavy (non-hydrogen) atoms. The fourth-order valence-electron chi connectivity index (χ4n) is 2.17. The second-order valence-electron chi connectivity index (χ2n) is 4.48. The van der Waals surface area contributed by atoms with Crippen molar-refractivity contribution in [2.75, 3.05) is 26.9 Å². The second kappa shape index (κ2) is 4.98. The van der Waals surface area contributed by atoms with Gasteiger partial charge in [0.25, 0.3) is 0 Å². The van der Waals surface area contributed by atoms with Crippen molar-refractivity contribution in [1.82, 2.24) is 0 Å². The Balaban J connectivity index is 2.33. The number of aryl methyl sites for hydroxylation is 1. The average Bonchev–Trinajstić information content (AvgIpc) is 2.31. The van der Waals surface area contributed by atoms with Crippen molar-refractivity contribution < 1.29 is 19.0 Å². The van der Waals surface area contributed by atoms with Gasteiger partial charge in [-0.05, 0) is 31.0 Å². The zero-order chi connectivity index (χ0) is 13.2. The molecule has 4 nitrogen and oxygen atoms in total. The number of rotatable bonds is 4. The Morgan fingerprint density at radius 2 is 2.17 bits per heavy atom. The van der Waals surface area contributed by atoms with Crippen LogP contribution in [0.25, 0.3) is 0 Å². The molecule has 0 radical (unpaired) electrons. The van der Waals surface area contributed by atoms with Crippen LogP contribution in [0, 0.1) is 6.92 Å². The third-order valence-electron chi connectivity index (χ3n) is 3.30. The van der Waals surface area contributed by atoms with Crippen LogP contribution in [0.3, 0.4) is 0 Å². The van der Waals surface area contributed by atoms with Crippen LogP contribution in [-0.2, 0) is 19.7 Å². The molecule has 98 valence electrons. The molecule has 0 unspecified atom stereocenters. The van der Waals surface area contributed by atoms with Gasteiger partial charge in [0.05, 0.1) is 26.9 Å². The first-order valence-corrected chi connectivity index (χ1v) is 6.04. The van der Waals surface area contributed by atoms with E-state index in [1.165, 1.54) is 7.11 Å². The highest BCUT2D eigenvalue weighted by Gasteiger charge is 2.48. The summed E-state index contributed by atoms with van der Waals surface area (Å²) in [5, 5.41) is 0. The van der Waals surface area contributed by atoms with Gasteiger partial charge >= 0.3 is 5.97 Å². The van der Waals surface area contributed by atoms with Crippen LogP contribution in [0.1, 0.15) is 18.1 Å². The molecule has 1 aromatic carbocycles. The molecule has 0 saturated carbocycles. The van der Waals surface area contributed by atoms with Gasteiger partial charge in [0.15, 0.2) is 0 Å². The van der Waals surface area contributed by atoms with E-state index >= 15 is 0 Å². The molecular weight excluding hydrogens is 232 g/mol. The van der Waals surface area contributed by atoms with Crippen molar-refractivity contribution in [3.63, 3.8) is 0 Å². The van der Waals surface area contributed by atoms with Gasteiger partial charge in [0.2, 0.25) is 0 Å². The zero-order valence-electron chi connectivity index (χ0n) is 11.0. The molecule has 0 aromatic heterocycles. The Hall–Kier alpha value is -1.55. The lowest BCUT2D eigenvalue weighted by Gasteiger charge is -2.39. The standard InChI is InChI=1S/C14H18O4/c1-4-18-12-6-5-11(7-10(12)2)14(8-17-9-14)13(15)16-3/h5-7H,4,8-9H2,1-3H3. The molecule has 0 bridgehead atoms. The molecule has 1 aliphatic heterocycles. The van der Waals surface area contributed by atoms with Crippen molar-refractivity contribution in [2.24, 2.45) is 0 Å². The van der Waals surface area contributed by atoms with E-state index in [0.29, 0.717) is 19.8 Å². The van der Waals surface area contributed by atoms with Crippen molar-refractivity contribution in [3.8, 4) is 5.75 Å². The van der Waals surface area contributed by atoms with Crippen LogP contribution in [0.5, 0.6) is 5.75 Å². The third-order valence-corrected chi connectivity index (χ3v) is 3.30. The third kappa shape index (κ3) is 1.97. The maximum Gasteiger partial charge on any atom is 0.321 e. The zero-order valence-corrected chi connectivity index (χ0v) is 11.0. The van der Waals surface area contributed by atoms with Crippen LogP contribution >= 0.6 is 0 Å². The van der Waals surface area contributed by atoms with Gasteiger partial charge in [-0.25, -0.2) is 0 Å². The van der Waals surface area contributed by atoms with E-state index in [9.17, 15) is 4.79 Å². The summed E-state index contributed by atoms with van der Waals surface area (Å²) in [5.74, 6) is 0.610. The van der Waals surface area contributed by atoms with Crippen LogP contribution in [0.2, 0.25) is 0 Å². The molecule has 1 aromatic rings. The van der Waals surface area contributed by atoms with E-state index in [1.807, 2.05) is 32.0 Å². The SMILES string of the molecule is CCOc1ccc(C2(C(=O)OC)COC2)cc1C. The van der Waals surface area contributed by atoms with E-state index < -0.39 is 5.41 Å².